The lowest BCUT2D eigenvalue weighted by Gasteiger charge is -2.08. The predicted octanol–water partition coefficient (Wildman–Crippen LogP) is 2.49. The highest BCUT2D eigenvalue weighted by Crippen LogP contribution is 2.19. The van der Waals surface area contributed by atoms with E-state index >= 15 is 0 Å². The highest BCUT2D eigenvalue weighted by atomic mass is 16.4. The van der Waals surface area contributed by atoms with Crippen LogP contribution < -0.4 is 0 Å². The summed E-state index contributed by atoms with van der Waals surface area (Å²) in [5.41, 5.74) is 3.04. The van der Waals surface area contributed by atoms with Gasteiger partial charge in [0.25, 0.3) is 0 Å². The molecule has 1 N–H and O–H groups in total. The number of nitrogens with zero attached hydrogens (tertiary/aromatic N) is 3. The van der Waals surface area contributed by atoms with Crippen molar-refractivity contribution < 1.29 is 9.90 Å². The van der Waals surface area contributed by atoms with E-state index in [-0.39, 0.29) is 5.69 Å². The minimum Gasteiger partial charge on any atom is -0.476 e. The first-order valence-electron chi connectivity index (χ1n) is 6.24. The maximum Gasteiger partial charge on any atom is 0.356 e. The van der Waals surface area contributed by atoms with Crippen LogP contribution in [0.15, 0.2) is 42.9 Å². The van der Waals surface area contributed by atoms with Gasteiger partial charge < -0.3 is 9.67 Å². The van der Waals surface area contributed by atoms with Crippen molar-refractivity contribution in [3.05, 3.63) is 59.8 Å². The Morgan fingerprint density at radius 1 is 1.35 bits per heavy atom. The van der Waals surface area contributed by atoms with Gasteiger partial charge in [0.2, 0.25) is 0 Å². The second kappa shape index (κ2) is 4.77. The van der Waals surface area contributed by atoms with Crippen molar-refractivity contribution in [3.8, 4) is 0 Å². The summed E-state index contributed by atoms with van der Waals surface area (Å²) in [5, 5.41) is 9.97. The lowest BCUT2D eigenvalue weighted by Crippen LogP contribution is -2.00. The number of hydrogen-bond acceptors (Lipinski definition) is 3. The van der Waals surface area contributed by atoms with Gasteiger partial charge in [-0.15, -0.1) is 0 Å². The fourth-order valence-corrected chi connectivity index (χ4v) is 2.28. The Bertz CT molecular complexity index is 793. The van der Waals surface area contributed by atoms with Crippen LogP contribution in [0.5, 0.6) is 0 Å². The molecular formula is C15H13N3O2. The van der Waals surface area contributed by atoms with Crippen molar-refractivity contribution in [2.45, 2.75) is 13.5 Å². The molecule has 0 aliphatic carbocycles. The SMILES string of the molecule is Cc1cc(Cn2cnc(C(=O)O)c2)c2ccccc2n1. The number of carbonyl (C=O) groups is 1. The molecule has 0 fully saturated rings. The number of carboxylic acids is 1. The highest BCUT2D eigenvalue weighted by Gasteiger charge is 2.08. The lowest BCUT2D eigenvalue weighted by atomic mass is 10.1. The molecular weight excluding hydrogens is 254 g/mol. The number of benzene rings is 1. The number of fused-ring (bicyclic) bond motifs is 1. The Morgan fingerprint density at radius 3 is 2.90 bits per heavy atom. The van der Waals surface area contributed by atoms with E-state index in [0.29, 0.717) is 6.54 Å². The summed E-state index contributed by atoms with van der Waals surface area (Å²) in [6, 6.07) is 9.94. The number of aryl methyl sites for hydroxylation is 1. The molecule has 5 nitrogen and oxygen atoms in total. The standard InChI is InChI=1S/C15H13N3O2/c1-10-6-11(12-4-2-3-5-13(12)17-10)7-18-8-14(15(19)20)16-9-18/h2-6,8-9H,7H2,1H3,(H,19,20). The molecule has 2 heterocycles. The summed E-state index contributed by atoms with van der Waals surface area (Å²) >= 11 is 0. The lowest BCUT2D eigenvalue weighted by molar-refractivity contribution is 0.0691. The second-order valence-electron chi connectivity index (χ2n) is 4.68. The van der Waals surface area contributed by atoms with Crippen molar-refractivity contribution >= 4 is 16.9 Å². The topological polar surface area (TPSA) is 68.0 Å². The quantitative estimate of drug-likeness (QED) is 0.791. The normalized spacial score (nSPS) is 10.8. The predicted molar refractivity (Wildman–Crippen MR) is 74.8 cm³/mol. The van der Waals surface area contributed by atoms with Crippen molar-refractivity contribution in [2.24, 2.45) is 0 Å². The number of rotatable bonds is 3. The van der Waals surface area contributed by atoms with Gasteiger partial charge in [-0.05, 0) is 24.6 Å². The Balaban J connectivity index is 2.03. The molecule has 0 unspecified atom stereocenters. The minimum absolute atomic E-state index is 0.0556. The van der Waals surface area contributed by atoms with Crippen LogP contribution >= 0.6 is 0 Å². The van der Waals surface area contributed by atoms with Gasteiger partial charge in [-0.25, -0.2) is 9.78 Å². The number of hydrogen-bond donors (Lipinski definition) is 1. The first-order chi connectivity index (χ1) is 9.63. The summed E-state index contributed by atoms with van der Waals surface area (Å²) in [7, 11) is 0. The zero-order valence-corrected chi connectivity index (χ0v) is 10.9. The van der Waals surface area contributed by atoms with E-state index in [1.807, 2.05) is 37.3 Å². The van der Waals surface area contributed by atoms with E-state index in [1.165, 1.54) is 12.5 Å². The highest BCUT2D eigenvalue weighted by molar-refractivity contribution is 5.85. The smallest absolute Gasteiger partial charge is 0.356 e. The molecule has 0 aliphatic rings. The molecule has 0 atom stereocenters. The third-order valence-electron chi connectivity index (χ3n) is 3.14. The largest absolute Gasteiger partial charge is 0.476 e. The molecule has 100 valence electrons. The fourth-order valence-electron chi connectivity index (χ4n) is 2.28. The second-order valence-corrected chi connectivity index (χ2v) is 4.68. The third-order valence-corrected chi connectivity index (χ3v) is 3.14. The van der Waals surface area contributed by atoms with Crippen LogP contribution in [0.2, 0.25) is 0 Å². The van der Waals surface area contributed by atoms with Gasteiger partial charge in [0.05, 0.1) is 11.8 Å². The molecule has 0 saturated carbocycles. The van der Waals surface area contributed by atoms with Crippen molar-refractivity contribution in [2.75, 3.05) is 0 Å². The molecule has 2 aromatic heterocycles. The summed E-state index contributed by atoms with van der Waals surface area (Å²) in [4.78, 5) is 19.2. The Morgan fingerprint density at radius 2 is 2.15 bits per heavy atom. The summed E-state index contributed by atoms with van der Waals surface area (Å²) < 4.78 is 1.77. The molecule has 0 radical (unpaired) electrons. The maximum atomic E-state index is 10.8. The average molecular weight is 267 g/mol. The van der Waals surface area contributed by atoms with Gasteiger partial charge in [0.15, 0.2) is 5.69 Å². The van der Waals surface area contributed by atoms with Gasteiger partial charge in [0.1, 0.15) is 0 Å². The molecule has 20 heavy (non-hydrogen) atoms. The summed E-state index contributed by atoms with van der Waals surface area (Å²) in [5.74, 6) is -1.01. The molecule has 1 aromatic carbocycles. The zero-order chi connectivity index (χ0) is 14.1. The van der Waals surface area contributed by atoms with Crippen LogP contribution in [0.1, 0.15) is 21.7 Å². The van der Waals surface area contributed by atoms with Crippen LogP contribution in [0.3, 0.4) is 0 Å². The number of imidazole rings is 1. The molecule has 5 heteroatoms. The van der Waals surface area contributed by atoms with E-state index in [2.05, 4.69) is 9.97 Å². The van der Waals surface area contributed by atoms with Crippen molar-refractivity contribution in [1.29, 1.82) is 0 Å². The first-order valence-corrected chi connectivity index (χ1v) is 6.24. The molecule has 3 aromatic rings. The molecule has 0 aliphatic heterocycles. The van der Waals surface area contributed by atoms with Crippen LogP contribution in [-0.4, -0.2) is 25.6 Å². The van der Waals surface area contributed by atoms with Gasteiger partial charge in [-0.3, -0.25) is 4.98 Å². The third kappa shape index (κ3) is 2.25. The van der Waals surface area contributed by atoms with Crippen LogP contribution in [0, 0.1) is 6.92 Å². The van der Waals surface area contributed by atoms with E-state index in [0.717, 1.165) is 22.2 Å². The van der Waals surface area contributed by atoms with Crippen molar-refractivity contribution in [3.63, 3.8) is 0 Å². The van der Waals surface area contributed by atoms with E-state index in [1.54, 1.807) is 4.57 Å². The molecule has 0 saturated heterocycles. The van der Waals surface area contributed by atoms with Gasteiger partial charge in [-0.2, -0.15) is 0 Å². The molecule has 0 spiro atoms. The number of aromatic nitrogens is 3. The van der Waals surface area contributed by atoms with E-state index in [9.17, 15) is 4.79 Å². The summed E-state index contributed by atoms with van der Waals surface area (Å²) in [6.45, 7) is 2.52. The zero-order valence-electron chi connectivity index (χ0n) is 10.9. The van der Waals surface area contributed by atoms with E-state index < -0.39 is 5.97 Å². The maximum absolute atomic E-state index is 10.8. The first kappa shape index (κ1) is 12.3. The van der Waals surface area contributed by atoms with Gasteiger partial charge >= 0.3 is 5.97 Å². The Kier molecular flexibility index (Phi) is 2.95. The van der Waals surface area contributed by atoms with Crippen molar-refractivity contribution in [1.82, 2.24) is 14.5 Å². The Hall–Kier alpha value is -2.69. The number of aromatic carboxylic acids is 1. The van der Waals surface area contributed by atoms with Crippen LogP contribution in [0.4, 0.5) is 0 Å². The van der Waals surface area contributed by atoms with E-state index in [4.69, 9.17) is 5.11 Å². The number of carboxylic acid groups (broad SMARTS) is 1. The monoisotopic (exact) mass is 267 g/mol. The van der Waals surface area contributed by atoms with Gasteiger partial charge in [0, 0.05) is 23.8 Å². The molecule has 3 rings (SSSR count). The van der Waals surface area contributed by atoms with Gasteiger partial charge in [-0.1, -0.05) is 18.2 Å². The average Bonchev–Trinajstić information content (AvgIpc) is 2.87. The molecule has 0 bridgehead atoms. The summed E-state index contributed by atoms with van der Waals surface area (Å²) in [6.07, 6.45) is 3.07. The van der Waals surface area contributed by atoms with Crippen LogP contribution in [0.25, 0.3) is 10.9 Å². The molecule has 0 amide bonds. The number of pyridine rings is 1. The Labute approximate surface area is 115 Å². The fraction of sp³-hybridized carbons (Fsp3) is 0.133. The van der Waals surface area contributed by atoms with Crippen LogP contribution in [-0.2, 0) is 6.54 Å². The minimum atomic E-state index is -1.01. The number of para-hydroxylation sites is 1.